The van der Waals surface area contributed by atoms with Crippen LogP contribution in [0.2, 0.25) is 0 Å². The normalized spacial score (nSPS) is 46.1. The maximum atomic E-state index is 13.2. The molecular weight excluding hydrogens is 316 g/mol. The van der Waals surface area contributed by atoms with Gasteiger partial charge in [-0.1, -0.05) is 38.2 Å². The van der Waals surface area contributed by atoms with E-state index in [0.29, 0.717) is 5.57 Å². The summed E-state index contributed by atoms with van der Waals surface area (Å²) in [6.45, 7) is 16.1. The Hall–Kier alpha value is -1.68. The molecule has 1 heterocycles. The molecule has 1 saturated heterocycles. The van der Waals surface area contributed by atoms with E-state index in [2.05, 4.69) is 39.5 Å². The van der Waals surface area contributed by atoms with Gasteiger partial charge >= 0.3 is 5.97 Å². The molecule has 0 spiro atoms. The zero-order valence-corrected chi connectivity index (χ0v) is 16.2. The van der Waals surface area contributed by atoms with Gasteiger partial charge in [-0.15, -0.1) is 0 Å². The van der Waals surface area contributed by atoms with Crippen molar-refractivity contribution in [2.45, 2.75) is 53.8 Å². The summed E-state index contributed by atoms with van der Waals surface area (Å²) >= 11 is 0. The molecule has 0 bridgehead atoms. The van der Waals surface area contributed by atoms with Gasteiger partial charge in [-0.2, -0.15) is 0 Å². The molecule has 3 aliphatic rings. The highest BCUT2D eigenvalue weighted by Gasteiger charge is 2.76. The summed E-state index contributed by atoms with van der Waals surface area (Å²) in [5.41, 5.74) is 0.551. The van der Waals surface area contributed by atoms with Gasteiger partial charge < -0.3 is 9.47 Å². The third-order valence-corrected chi connectivity index (χ3v) is 7.24. The summed E-state index contributed by atoms with van der Waals surface area (Å²) in [4.78, 5) is 25.9. The molecule has 1 aliphatic heterocycles. The van der Waals surface area contributed by atoms with Crippen LogP contribution in [0.25, 0.3) is 0 Å². The smallest absolute Gasteiger partial charge is 0.320 e. The number of Topliss-reactive ketones (excluding diaryl/α,β-unsaturated/α-hetero) is 1. The van der Waals surface area contributed by atoms with Crippen molar-refractivity contribution in [2.75, 3.05) is 7.11 Å². The number of carbonyl (C=O) groups excluding carboxylic acids is 2. The second-order valence-electron chi connectivity index (χ2n) is 8.36. The first-order valence-electron chi connectivity index (χ1n) is 8.81. The van der Waals surface area contributed by atoms with E-state index in [1.165, 1.54) is 7.11 Å². The Kier molecular flexibility index (Phi) is 3.74. The molecule has 0 aromatic heterocycles. The van der Waals surface area contributed by atoms with E-state index in [9.17, 15) is 9.59 Å². The molecule has 6 atom stereocenters. The summed E-state index contributed by atoms with van der Waals surface area (Å²) in [7, 11) is 1.34. The molecule has 3 rings (SSSR count). The number of methoxy groups -OCH3 is 1. The molecule has 0 amide bonds. The lowest BCUT2D eigenvalue weighted by atomic mass is 9.48. The Balaban J connectivity index is 2.29. The fourth-order valence-electron chi connectivity index (χ4n) is 5.94. The SMILES string of the molecule is C=C1C(=O)[C@@](C)(C(=O)OC)[C@H]2C(C)=C[C@@]3(C)C(C(C)=CC)OC1[C@@]23C. The van der Waals surface area contributed by atoms with Crippen LogP contribution < -0.4 is 0 Å². The highest BCUT2D eigenvalue weighted by Crippen LogP contribution is 2.72. The third-order valence-electron chi connectivity index (χ3n) is 7.24. The lowest BCUT2D eigenvalue weighted by Crippen LogP contribution is -2.60. The maximum absolute atomic E-state index is 13.2. The van der Waals surface area contributed by atoms with Crippen LogP contribution in [0.1, 0.15) is 41.5 Å². The summed E-state index contributed by atoms with van der Waals surface area (Å²) < 4.78 is 11.5. The Morgan fingerprint density at radius 2 is 1.96 bits per heavy atom. The largest absolute Gasteiger partial charge is 0.468 e. The van der Waals surface area contributed by atoms with E-state index in [0.717, 1.165) is 11.1 Å². The van der Waals surface area contributed by atoms with Gasteiger partial charge in [0.05, 0.1) is 19.3 Å². The van der Waals surface area contributed by atoms with E-state index >= 15 is 0 Å². The van der Waals surface area contributed by atoms with Crippen LogP contribution in [0, 0.1) is 22.2 Å². The van der Waals surface area contributed by atoms with E-state index in [4.69, 9.17) is 9.47 Å². The number of hydrogen-bond acceptors (Lipinski definition) is 4. The van der Waals surface area contributed by atoms with Crippen molar-refractivity contribution in [3.63, 3.8) is 0 Å². The Morgan fingerprint density at radius 1 is 1.36 bits per heavy atom. The van der Waals surface area contributed by atoms with Crippen LogP contribution in [-0.2, 0) is 19.1 Å². The van der Waals surface area contributed by atoms with Gasteiger partial charge in [0.15, 0.2) is 5.78 Å². The van der Waals surface area contributed by atoms with Crippen LogP contribution in [0.3, 0.4) is 0 Å². The first-order valence-corrected chi connectivity index (χ1v) is 8.81. The first kappa shape index (κ1) is 18.1. The van der Waals surface area contributed by atoms with Crippen molar-refractivity contribution in [1.82, 2.24) is 0 Å². The van der Waals surface area contributed by atoms with Gasteiger partial charge in [-0.05, 0) is 33.3 Å². The van der Waals surface area contributed by atoms with Crippen molar-refractivity contribution in [3.8, 4) is 0 Å². The second kappa shape index (κ2) is 5.16. The van der Waals surface area contributed by atoms with Crippen molar-refractivity contribution in [1.29, 1.82) is 0 Å². The minimum absolute atomic E-state index is 0.142. The minimum atomic E-state index is -1.27. The van der Waals surface area contributed by atoms with Crippen LogP contribution in [0.5, 0.6) is 0 Å². The number of esters is 1. The van der Waals surface area contributed by atoms with Crippen LogP contribution in [0.15, 0.2) is 35.5 Å². The van der Waals surface area contributed by atoms with E-state index in [-0.39, 0.29) is 23.2 Å². The number of ether oxygens (including phenoxy) is 2. The number of allylic oxidation sites excluding steroid dienone is 2. The zero-order valence-electron chi connectivity index (χ0n) is 16.2. The quantitative estimate of drug-likeness (QED) is 0.332. The number of rotatable bonds is 2. The predicted molar refractivity (Wildman–Crippen MR) is 95.8 cm³/mol. The highest BCUT2D eigenvalue weighted by molar-refractivity contribution is 6.14. The number of hydrogen-bond donors (Lipinski definition) is 0. The van der Waals surface area contributed by atoms with E-state index in [1.54, 1.807) is 6.92 Å². The Labute approximate surface area is 150 Å². The predicted octanol–water partition coefficient (Wildman–Crippen LogP) is 3.63. The molecule has 4 nitrogen and oxygen atoms in total. The van der Waals surface area contributed by atoms with Gasteiger partial charge in [-0.3, -0.25) is 9.59 Å². The standard InChI is InChI=1S/C21H28O4/c1-9-11(2)16-19(5)10-12(3)14-20(6,18(23)24-8)15(22)13(4)17(25-16)21(14,19)7/h9-10,14,16-17H,4H2,1-3,5-8H3/t14-,16?,17?,19+,20+,21-/m1/s1. The molecule has 0 radical (unpaired) electrons. The Bertz CT molecular complexity index is 745. The highest BCUT2D eigenvalue weighted by atomic mass is 16.5. The molecule has 4 heteroatoms. The monoisotopic (exact) mass is 344 g/mol. The minimum Gasteiger partial charge on any atom is -0.468 e. The van der Waals surface area contributed by atoms with Crippen molar-refractivity contribution in [3.05, 3.63) is 35.5 Å². The van der Waals surface area contributed by atoms with Gasteiger partial charge in [0.2, 0.25) is 0 Å². The van der Waals surface area contributed by atoms with Gasteiger partial charge in [0, 0.05) is 22.3 Å². The lowest BCUT2D eigenvalue weighted by Gasteiger charge is -2.52. The topological polar surface area (TPSA) is 52.6 Å². The zero-order chi connectivity index (χ0) is 18.9. The fraction of sp³-hybridized carbons (Fsp3) is 0.619. The third kappa shape index (κ3) is 1.76. The molecule has 0 aromatic carbocycles. The van der Waals surface area contributed by atoms with Crippen LogP contribution in [0.4, 0.5) is 0 Å². The average Bonchev–Trinajstić information content (AvgIpc) is 2.92. The van der Waals surface area contributed by atoms with Crippen molar-refractivity contribution < 1.29 is 19.1 Å². The van der Waals surface area contributed by atoms with E-state index < -0.39 is 22.9 Å². The molecule has 2 unspecified atom stereocenters. The summed E-state index contributed by atoms with van der Waals surface area (Å²) in [6, 6.07) is 0. The van der Waals surface area contributed by atoms with Gasteiger partial charge in [0.25, 0.3) is 0 Å². The number of carbonyl (C=O) groups is 2. The summed E-state index contributed by atoms with van der Waals surface area (Å²) in [5, 5.41) is 0. The maximum Gasteiger partial charge on any atom is 0.320 e. The second-order valence-corrected chi connectivity index (χ2v) is 8.36. The van der Waals surface area contributed by atoms with Crippen molar-refractivity contribution in [2.24, 2.45) is 22.2 Å². The lowest BCUT2D eigenvalue weighted by molar-refractivity contribution is -0.167. The van der Waals surface area contributed by atoms with Crippen molar-refractivity contribution >= 4 is 11.8 Å². The summed E-state index contributed by atoms with van der Waals surface area (Å²) in [6.07, 6.45) is 3.72. The van der Waals surface area contributed by atoms with Gasteiger partial charge in [-0.25, -0.2) is 0 Å². The molecule has 1 saturated carbocycles. The van der Waals surface area contributed by atoms with E-state index in [1.807, 2.05) is 13.8 Å². The Morgan fingerprint density at radius 3 is 2.48 bits per heavy atom. The molecule has 0 aromatic rings. The molecule has 136 valence electrons. The molecule has 25 heavy (non-hydrogen) atoms. The fourth-order valence-corrected chi connectivity index (χ4v) is 5.94. The number of ketones is 1. The first-order chi connectivity index (χ1) is 11.5. The average molecular weight is 344 g/mol. The van der Waals surface area contributed by atoms with Crippen LogP contribution >= 0.6 is 0 Å². The van der Waals surface area contributed by atoms with Crippen LogP contribution in [-0.4, -0.2) is 31.1 Å². The molecule has 2 aliphatic carbocycles. The summed E-state index contributed by atoms with van der Waals surface area (Å²) in [5.74, 6) is -1.02. The molecule has 2 fully saturated rings. The molecule has 0 N–H and O–H groups in total. The van der Waals surface area contributed by atoms with Gasteiger partial charge in [0.1, 0.15) is 5.41 Å². The molecular formula is C21H28O4.